The van der Waals surface area contributed by atoms with E-state index in [2.05, 4.69) is 40.7 Å². The van der Waals surface area contributed by atoms with Crippen LogP contribution in [0.2, 0.25) is 0 Å². The first-order valence-corrected chi connectivity index (χ1v) is 14.4. The van der Waals surface area contributed by atoms with Crippen molar-refractivity contribution in [3.63, 3.8) is 0 Å². The Bertz CT molecular complexity index is 856. The van der Waals surface area contributed by atoms with Gasteiger partial charge in [-0.1, -0.05) is 65.5 Å². The Labute approximate surface area is 213 Å². The van der Waals surface area contributed by atoms with Crippen molar-refractivity contribution >= 4 is 11.9 Å². The van der Waals surface area contributed by atoms with Crippen molar-refractivity contribution in [2.75, 3.05) is 0 Å². The summed E-state index contributed by atoms with van der Waals surface area (Å²) in [7, 11) is 0. The van der Waals surface area contributed by atoms with E-state index in [0.717, 1.165) is 66.9 Å². The number of carbonyl (C=O) groups is 2. The highest BCUT2D eigenvalue weighted by Crippen LogP contribution is 2.67. The molecule has 0 aromatic heterocycles. The largest absolute Gasteiger partial charge is 0.478 e. The van der Waals surface area contributed by atoms with E-state index in [-0.39, 0.29) is 11.5 Å². The lowest BCUT2D eigenvalue weighted by atomic mass is 9.47. The van der Waals surface area contributed by atoms with Gasteiger partial charge in [0.1, 0.15) is 6.10 Å². The summed E-state index contributed by atoms with van der Waals surface area (Å²) >= 11 is 0. The lowest BCUT2D eigenvalue weighted by Gasteiger charge is -2.58. The minimum absolute atomic E-state index is 0.131. The van der Waals surface area contributed by atoms with Gasteiger partial charge in [-0.2, -0.15) is 0 Å². The monoisotopic (exact) mass is 484 g/mol. The van der Waals surface area contributed by atoms with Crippen LogP contribution in [0.4, 0.5) is 0 Å². The normalized spacial score (nSPS) is 39.5. The van der Waals surface area contributed by atoms with Crippen molar-refractivity contribution < 1.29 is 19.4 Å². The molecule has 3 fully saturated rings. The van der Waals surface area contributed by atoms with E-state index >= 15 is 0 Å². The van der Waals surface area contributed by atoms with Crippen LogP contribution in [0, 0.1) is 46.3 Å². The maximum absolute atomic E-state index is 12.0. The number of carbonyl (C=O) groups excluding carboxylic acids is 1. The second-order valence-corrected chi connectivity index (χ2v) is 13.3. The summed E-state index contributed by atoms with van der Waals surface area (Å²) in [5.41, 5.74) is 2.22. The van der Waals surface area contributed by atoms with E-state index in [1.165, 1.54) is 56.9 Å². The molecule has 0 saturated heterocycles. The number of carboxylic acids is 1. The number of rotatable bonds is 8. The predicted molar refractivity (Wildman–Crippen MR) is 140 cm³/mol. The first-order chi connectivity index (χ1) is 16.5. The van der Waals surface area contributed by atoms with Gasteiger partial charge >= 0.3 is 11.9 Å². The Kier molecular flexibility index (Phi) is 7.88. The lowest BCUT2D eigenvalue weighted by molar-refractivity contribution is -0.146. The van der Waals surface area contributed by atoms with Crippen LogP contribution in [-0.2, 0) is 14.3 Å². The highest BCUT2D eigenvalue weighted by Gasteiger charge is 2.59. The Hall–Kier alpha value is -1.58. The fraction of sp³-hybridized carbons (Fsp3) is 0.806. The van der Waals surface area contributed by atoms with E-state index in [9.17, 15) is 9.59 Å². The number of hydrogen-bond acceptors (Lipinski definition) is 3. The van der Waals surface area contributed by atoms with E-state index in [0.29, 0.717) is 5.41 Å². The number of fused-ring (bicyclic) bond motifs is 5. The van der Waals surface area contributed by atoms with Gasteiger partial charge in [0.15, 0.2) is 0 Å². The molecule has 3 saturated carbocycles. The fourth-order valence-electron chi connectivity index (χ4n) is 9.10. The summed E-state index contributed by atoms with van der Waals surface area (Å²) in [5.74, 6) is 3.27. The van der Waals surface area contributed by atoms with Crippen LogP contribution < -0.4 is 0 Å². The van der Waals surface area contributed by atoms with Crippen LogP contribution in [-0.4, -0.2) is 23.1 Å². The highest BCUT2D eigenvalue weighted by molar-refractivity contribution is 5.90. The molecule has 35 heavy (non-hydrogen) atoms. The van der Waals surface area contributed by atoms with Gasteiger partial charge in [0.2, 0.25) is 0 Å². The molecule has 4 heteroatoms. The minimum atomic E-state index is -1.12. The van der Waals surface area contributed by atoms with Crippen LogP contribution >= 0.6 is 0 Å². The number of aliphatic carboxylic acids is 1. The molecular formula is C31H48O4. The van der Waals surface area contributed by atoms with Gasteiger partial charge in [0, 0.05) is 18.6 Å². The third-order valence-electron chi connectivity index (χ3n) is 10.9. The fourth-order valence-corrected chi connectivity index (χ4v) is 9.10. The van der Waals surface area contributed by atoms with Gasteiger partial charge in [-0.05, 0) is 91.3 Å². The summed E-state index contributed by atoms with van der Waals surface area (Å²) in [4.78, 5) is 22.7. The van der Waals surface area contributed by atoms with Crippen LogP contribution in [0.25, 0.3) is 0 Å². The molecule has 0 heterocycles. The van der Waals surface area contributed by atoms with Gasteiger partial charge < -0.3 is 9.84 Å². The van der Waals surface area contributed by atoms with Crippen molar-refractivity contribution in [2.45, 2.75) is 111 Å². The molecular weight excluding hydrogens is 436 g/mol. The SMILES string of the molecule is CC(C)CCC[C@@H](C)[C@H]1CC[C@H]2[C@@H]3CC=C4CC(OC(=O)/C=C/C(=O)O)CC[C@]4(C)[C@H]3CC[C@]12C. The molecule has 1 N–H and O–H groups in total. The zero-order valence-electron chi connectivity index (χ0n) is 22.7. The minimum Gasteiger partial charge on any atom is -0.478 e. The summed E-state index contributed by atoms with van der Waals surface area (Å²) in [6.07, 6.45) is 17.9. The van der Waals surface area contributed by atoms with Crippen molar-refractivity contribution in [3.8, 4) is 0 Å². The predicted octanol–water partition coefficient (Wildman–Crippen LogP) is 7.58. The van der Waals surface area contributed by atoms with Gasteiger partial charge in [-0.25, -0.2) is 9.59 Å². The summed E-state index contributed by atoms with van der Waals surface area (Å²) < 4.78 is 5.61. The van der Waals surface area contributed by atoms with Crippen LogP contribution in [0.15, 0.2) is 23.8 Å². The molecule has 0 amide bonds. The molecule has 4 aliphatic rings. The average molecular weight is 485 g/mol. The first-order valence-electron chi connectivity index (χ1n) is 14.4. The molecule has 196 valence electrons. The zero-order valence-corrected chi connectivity index (χ0v) is 22.7. The van der Waals surface area contributed by atoms with E-state index < -0.39 is 11.9 Å². The number of allylic oxidation sites excluding steroid dienone is 1. The van der Waals surface area contributed by atoms with Crippen molar-refractivity contribution in [1.82, 2.24) is 0 Å². The quantitative estimate of drug-likeness (QED) is 0.219. The summed E-state index contributed by atoms with van der Waals surface area (Å²) in [6, 6.07) is 0. The molecule has 1 unspecified atom stereocenters. The number of ether oxygens (including phenoxy) is 1. The van der Waals surface area contributed by atoms with E-state index in [1.54, 1.807) is 0 Å². The third-order valence-corrected chi connectivity index (χ3v) is 10.9. The Morgan fingerprint density at radius 2 is 1.83 bits per heavy atom. The molecule has 0 aromatic rings. The lowest BCUT2D eigenvalue weighted by Crippen LogP contribution is -2.51. The maximum atomic E-state index is 12.0. The van der Waals surface area contributed by atoms with Crippen molar-refractivity contribution in [2.24, 2.45) is 46.3 Å². The Morgan fingerprint density at radius 1 is 1.06 bits per heavy atom. The molecule has 0 spiro atoms. The molecule has 8 atom stereocenters. The third kappa shape index (κ3) is 5.27. The van der Waals surface area contributed by atoms with Crippen LogP contribution in [0.3, 0.4) is 0 Å². The Balaban J connectivity index is 1.42. The summed E-state index contributed by atoms with van der Waals surface area (Å²) in [5, 5.41) is 8.75. The molecule has 0 aliphatic heterocycles. The maximum Gasteiger partial charge on any atom is 0.331 e. The number of esters is 1. The molecule has 4 aliphatic carbocycles. The number of carboxylic acid groups (broad SMARTS) is 1. The van der Waals surface area contributed by atoms with E-state index in [4.69, 9.17) is 9.84 Å². The molecule has 4 nitrogen and oxygen atoms in total. The van der Waals surface area contributed by atoms with Crippen molar-refractivity contribution in [3.05, 3.63) is 23.8 Å². The Morgan fingerprint density at radius 3 is 2.54 bits per heavy atom. The summed E-state index contributed by atoms with van der Waals surface area (Å²) in [6.45, 7) is 12.4. The topological polar surface area (TPSA) is 63.6 Å². The smallest absolute Gasteiger partial charge is 0.331 e. The first kappa shape index (κ1) is 26.5. The molecule has 0 bridgehead atoms. The average Bonchev–Trinajstić information content (AvgIpc) is 3.15. The number of hydrogen-bond donors (Lipinski definition) is 1. The van der Waals surface area contributed by atoms with Crippen LogP contribution in [0.1, 0.15) is 105 Å². The zero-order chi connectivity index (χ0) is 25.4. The van der Waals surface area contributed by atoms with E-state index in [1.807, 2.05) is 0 Å². The van der Waals surface area contributed by atoms with Gasteiger partial charge in [0.25, 0.3) is 0 Å². The highest BCUT2D eigenvalue weighted by atomic mass is 16.5. The standard InChI is InChI=1S/C31H48O4/c1-20(2)7-6-8-21(3)25-11-12-26-24-10-9-22-19-23(35-29(34)14-13-28(32)33)15-17-30(22,4)27(24)16-18-31(25,26)5/h9,13-14,20-21,23-27H,6-8,10-12,15-19H2,1-5H3,(H,32,33)/b14-13+/t21-,23?,24+,25-,26+,27+,30+,31-/m1/s1. The van der Waals surface area contributed by atoms with Crippen molar-refractivity contribution in [1.29, 1.82) is 0 Å². The van der Waals surface area contributed by atoms with Gasteiger partial charge in [-0.15, -0.1) is 0 Å². The second-order valence-electron chi connectivity index (χ2n) is 13.3. The van der Waals surface area contributed by atoms with Gasteiger partial charge in [-0.3, -0.25) is 0 Å². The van der Waals surface area contributed by atoms with Crippen LogP contribution in [0.5, 0.6) is 0 Å². The second kappa shape index (κ2) is 10.4. The molecule has 4 rings (SSSR count). The molecule has 0 radical (unpaired) electrons. The molecule has 0 aromatic carbocycles. The van der Waals surface area contributed by atoms with Gasteiger partial charge in [0.05, 0.1) is 0 Å².